The lowest BCUT2D eigenvalue weighted by Crippen LogP contribution is -2.61. The third-order valence-corrected chi connectivity index (χ3v) is 9.03. The number of nitrogens with one attached hydrogen (secondary N) is 3. The van der Waals surface area contributed by atoms with Crippen LogP contribution in [-0.2, 0) is 29.8 Å². The van der Waals surface area contributed by atoms with E-state index in [1.165, 1.54) is 6.92 Å². The summed E-state index contributed by atoms with van der Waals surface area (Å²) in [6.07, 6.45) is 3.34. The van der Waals surface area contributed by atoms with Gasteiger partial charge in [0.2, 0.25) is 21.8 Å². The Hall–Kier alpha value is -2.37. The third-order valence-electron chi connectivity index (χ3n) is 7.39. The molecule has 1 aromatic rings. The molecule has 11 heteroatoms. The van der Waals surface area contributed by atoms with Gasteiger partial charge in [0.15, 0.2) is 0 Å². The topological polar surface area (TPSA) is 125 Å². The fourth-order valence-corrected chi connectivity index (χ4v) is 6.47. The molecule has 0 bridgehead atoms. The molecule has 0 aromatic heterocycles. The van der Waals surface area contributed by atoms with Crippen molar-refractivity contribution in [2.45, 2.75) is 84.3 Å². The number of amides is 3. The van der Waals surface area contributed by atoms with Crippen molar-refractivity contribution in [3.8, 4) is 0 Å². The van der Waals surface area contributed by atoms with Crippen LogP contribution in [0.15, 0.2) is 42.0 Å². The van der Waals surface area contributed by atoms with Crippen LogP contribution in [-0.4, -0.2) is 74.3 Å². The van der Waals surface area contributed by atoms with E-state index in [2.05, 4.69) is 28.0 Å². The standard InChI is InChI=1S/C29H46N4O5S2/c1-20(25(34)32-40(37,38)18-12-17-39)19-22-15-11-16-33(22)27(36)24(28(2,3)4)31-26(35)23(30-7)29(5,6)21-13-9-8-10-14-21/h8-10,13-14,19,22-24,30,39H,11-12,15-18H2,1-7H3,(H,31,35)(H,32,34)/b20-19+/t22-,23+,24+/m0/s1. The van der Waals surface area contributed by atoms with Gasteiger partial charge >= 0.3 is 0 Å². The zero-order valence-corrected chi connectivity index (χ0v) is 26.5. The molecule has 2 rings (SSSR count). The fourth-order valence-electron chi connectivity index (χ4n) is 5.03. The first-order valence-corrected chi connectivity index (χ1v) is 16.0. The van der Waals surface area contributed by atoms with E-state index >= 15 is 0 Å². The largest absolute Gasteiger partial charge is 0.342 e. The summed E-state index contributed by atoms with van der Waals surface area (Å²) < 4.78 is 26.4. The van der Waals surface area contributed by atoms with E-state index in [1.807, 2.05) is 65.0 Å². The van der Waals surface area contributed by atoms with E-state index in [-0.39, 0.29) is 29.2 Å². The molecule has 1 aliphatic heterocycles. The summed E-state index contributed by atoms with van der Waals surface area (Å²) in [4.78, 5) is 41.9. The maximum Gasteiger partial charge on any atom is 0.260 e. The van der Waals surface area contributed by atoms with E-state index in [9.17, 15) is 22.8 Å². The number of carbonyl (C=O) groups is 3. The molecule has 0 unspecified atom stereocenters. The molecule has 0 saturated carbocycles. The second kappa shape index (κ2) is 14.0. The molecule has 3 N–H and O–H groups in total. The first-order valence-electron chi connectivity index (χ1n) is 13.7. The number of sulfonamides is 1. The smallest absolute Gasteiger partial charge is 0.260 e. The average molecular weight is 595 g/mol. The van der Waals surface area contributed by atoms with Gasteiger partial charge in [0.1, 0.15) is 6.04 Å². The molecule has 0 radical (unpaired) electrons. The van der Waals surface area contributed by atoms with Gasteiger partial charge in [-0.25, -0.2) is 13.1 Å². The predicted molar refractivity (Wildman–Crippen MR) is 163 cm³/mol. The Morgan fingerprint density at radius 1 is 1.10 bits per heavy atom. The highest BCUT2D eigenvalue weighted by atomic mass is 32.2. The average Bonchev–Trinajstić information content (AvgIpc) is 3.33. The number of thiol groups is 1. The van der Waals surface area contributed by atoms with Gasteiger partial charge in [0, 0.05) is 17.5 Å². The normalized spacial score (nSPS) is 18.2. The van der Waals surface area contributed by atoms with Crippen molar-refractivity contribution in [1.82, 2.24) is 20.3 Å². The minimum atomic E-state index is -3.76. The van der Waals surface area contributed by atoms with E-state index in [4.69, 9.17) is 0 Å². The van der Waals surface area contributed by atoms with Gasteiger partial charge in [-0.2, -0.15) is 12.6 Å². The van der Waals surface area contributed by atoms with Gasteiger partial charge in [-0.1, -0.05) is 71.0 Å². The van der Waals surface area contributed by atoms with Gasteiger partial charge in [0.05, 0.1) is 17.8 Å². The van der Waals surface area contributed by atoms with Crippen LogP contribution < -0.4 is 15.4 Å². The van der Waals surface area contributed by atoms with Crippen LogP contribution >= 0.6 is 12.6 Å². The van der Waals surface area contributed by atoms with Crippen LogP contribution in [0.3, 0.4) is 0 Å². The summed E-state index contributed by atoms with van der Waals surface area (Å²) in [5.74, 6) is -1.02. The van der Waals surface area contributed by atoms with Crippen LogP contribution in [0.4, 0.5) is 0 Å². The molecular formula is C29H46N4O5S2. The lowest BCUT2D eigenvalue weighted by molar-refractivity contribution is -0.140. The second-order valence-corrected chi connectivity index (χ2v) is 14.3. The molecule has 1 fully saturated rings. The lowest BCUT2D eigenvalue weighted by atomic mass is 9.76. The van der Waals surface area contributed by atoms with Crippen molar-refractivity contribution in [1.29, 1.82) is 0 Å². The molecule has 40 heavy (non-hydrogen) atoms. The summed E-state index contributed by atoms with van der Waals surface area (Å²) in [5.41, 5.74) is 0.0682. The number of hydrogen-bond donors (Lipinski definition) is 4. The van der Waals surface area contributed by atoms with E-state index in [0.717, 1.165) is 12.0 Å². The molecule has 9 nitrogen and oxygen atoms in total. The first-order chi connectivity index (χ1) is 18.5. The molecule has 1 heterocycles. The molecule has 3 atom stereocenters. The maximum absolute atomic E-state index is 13.9. The zero-order valence-electron chi connectivity index (χ0n) is 24.8. The zero-order chi connectivity index (χ0) is 30.3. The van der Waals surface area contributed by atoms with Crippen molar-refractivity contribution in [2.24, 2.45) is 5.41 Å². The number of likely N-dealkylation sites (N-methyl/N-ethyl adjacent to an activating group) is 1. The van der Waals surface area contributed by atoms with Crippen molar-refractivity contribution in [3.05, 3.63) is 47.5 Å². The van der Waals surface area contributed by atoms with Gasteiger partial charge in [-0.05, 0) is 50.0 Å². The summed E-state index contributed by atoms with van der Waals surface area (Å²) >= 11 is 4.02. The second-order valence-electron chi connectivity index (χ2n) is 12.0. The molecule has 224 valence electrons. The highest BCUT2D eigenvalue weighted by molar-refractivity contribution is 7.90. The highest BCUT2D eigenvalue weighted by Crippen LogP contribution is 2.30. The monoisotopic (exact) mass is 594 g/mol. The quantitative estimate of drug-likeness (QED) is 0.218. The van der Waals surface area contributed by atoms with E-state index in [1.54, 1.807) is 18.0 Å². The fraction of sp³-hybridized carbons (Fsp3) is 0.621. The van der Waals surface area contributed by atoms with Crippen LogP contribution in [0, 0.1) is 5.41 Å². The van der Waals surface area contributed by atoms with Crippen molar-refractivity contribution in [2.75, 3.05) is 25.1 Å². The minimum Gasteiger partial charge on any atom is -0.342 e. The Morgan fingerprint density at radius 3 is 2.27 bits per heavy atom. The number of nitrogens with zero attached hydrogens (tertiary/aromatic N) is 1. The molecule has 0 aliphatic carbocycles. The molecule has 0 spiro atoms. The van der Waals surface area contributed by atoms with Crippen molar-refractivity contribution < 1.29 is 22.8 Å². The van der Waals surface area contributed by atoms with Gasteiger partial charge in [-0.3, -0.25) is 14.4 Å². The number of benzene rings is 1. The molecular weight excluding hydrogens is 548 g/mol. The maximum atomic E-state index is 13.9. The number of carbonyl (C=O) groups excluding carboxylic acids is 3. The van der Waals surface area contributed by atoms with Crippen molar-refractivity contribution in [3.63, 3.8) is 0 Å². The van der Waals surface area contributed by atoms with Crippen LogP contribution in [0.2, 0.25) is 0 Å². The number of likely N-dealkylation sites (tertiary alicyclic amines) is 1. The summed E-state index contributed by atoms with van der Waals surface area (Å²) in [6, 6.07) is 7.96. The Labute approximate surface area is 245 Å². The minimum absolute atomic E-state index is 0.189. The number of hydrogen-bond acceptors (Lipinski definition) is 7. The van der Waals surface area contributed by atoms with Gasteiger partial charge in [0.25, 0.3) is 5.91 Å². The lowest BCUT2D eigenvalue weighted by Gasteiger charge is -2.39. The Bertz CT molecular complexity index is 1180. The SMILES string of the molecule is CN[C@H](C(=O)N[C@H](C(=O)N1CCC[C@H]1/C=C(\C)C(=O)NS(=O)(=O)CCCS)C(C)(C)C)C(C)(C)c1ccccc1. The van der Waals surface area contributed by atoms with Crippen LogP contribution in [0.1, 0.15) is 66.4 Å². The van der Waals surface area contributed by atoms with Gasteiger partial charge in [-0.15, -0.1) is 0 Å². The van der Waals surface area contributed by atoms with Crippen LogP contribution in [0.25, 0.3) is 0 Å². The summed E-state index contributed by atoms with van der Waals surface area (Å²) in [6.45, 7) is 11.7. The highest BCUT2D eigenvalue weighted by Gasteiger charge is 2.42. The van der Waals surface area contributed by atoms with E-state index in [0.29, 0.717) is 25.1 Å². The van der Waals surface area contributed by atoms with Crippen molar-refractivity contribution >= 4 is 40.4 Å². The Balaban J connectivity index is 2.25. The van der Waals surface area contributed by atoms with Crippen LogP contribution in [0.5, 0.6) is 0 Å². The summed E-state index contributed by atoms with van der Waals surface area (Å²) in [7, 11) is -2.03. The molecule has 1 aromatic carbocycles. The number of rotatable bonds is 12. The third kappa shape index (κ3) is 8.81. The molecule has 3 amide bonds. The molecule has 1 aliphatic rings. The van der Waals surface area contributed by atoms with E-state index < -0.39 is 38.8 Å². The van der Waals surface area contributed by atoms with Gasteiger partial charge < -0.3 is 15.5 Å². The molecule has 1 saturated heterocycles. The Morgan fingerprint density at radius 2 is 1.73 bits per heavy atom. The Kier molecular flexibility index (Phi) is 11.8. The predicted octanol–water partition coefficient (Wildman–Crippen LogP) is 2.79. The summed E-state index contributed by atoms with van der Waals surface area (Å²) in [5, 5.41) is 6.17. The first kappa shape index (κ1) is 33.8.